The van der Waals surface area contributed by atoms with E-state index in [1.807, 2.05) is 25.1 Å². The highest BCUT2D eigenvalue weighted by Gasteiger charge is 2.36. The summed E-state index contributed by atoms with van der Waals surface area (Å²) < 4.78 is 0. The monoisotopic (exact) mass is 382 g/mol. The third kappa shape index (κ3) is 3.83. The van der Waals surface area contributed by atoms with E-state index in [0.29, 0.717) is 12.1 Å². The van der Waals surface area contributed by atoms with E-state index in [1.165, 1.54) is 12.1 Å². The molecule has 0 unspecified atom stereocenters. The first kappa shape index (κ1) is 19.0. The molecule has 0 saturated carbocycles. The average molecular weight is 382 g/mol. The second kappa shape index (κ2) is 7.87. The Balaban J connectivity index is 1.52. The molecule has 144 valence electrons. The zero-order chi connectivity index (χ0) is 20.3. The van der Waals surface area contributed by atoms with Gasteiger partial charge < -0.3 is 10.6 Å². The van der Waals surface area contributed by atoms with Crippen LogP contribution in [0.3, 0.4) is 0 Å². The molecule has 4 amide bonds. The first-order valence-corrected chi connectivity index (χ1v) is 8.63. The maximum atomic E-state index is 12.4. The Morgan fingerprint density at radius 3 is 2.54 bits per heavy atom. The number of nitrogens with zero attached hydrogens (tertiary/aromatic N) is 2. The number of imide groups is 1. The quantitative estimate of drug-likeness (QED) is 0.344. The molecule has 1 aliphatic rings. The third-order valence-corrected chi connectivity index (χ3v) is 4.40. The number of benzene rings is 2. The second-order valence-electron chi connectivity index (χ2n) is 6.30. The summed E-state index contributed by atoms with van der Waals surface area (Å²) in [4.78, 5) is 47.9. The normalized spacial score (nSPS) is 12.7. The van der Waals surface area contributed by atoms with Gasteiger partial charge in [0.1, 0.15) is 0 Å². The topological polar surface area (TPSA) is 122 Å². The van der Waals surface area contributed by atoms with Crippen LogP contribution in [0, 0.1) is 17.0 Å². The number of hydrogen-bond acceptors (Lipinski definition) is 5. The molecule has 3 rings (SSSR count). The van der Waals surface area contributed by atoms with Gasteiger partial charge in [-0.1, -0.05) is 18.2 Å². The third-order valence-electron chi connectivity index (χ3n) is 4.40. The van der Waals surface area contributed by atoms with E-state index in [2.05, 4.69) is 10.6 Å². The number of anilines is 1. The highest BCUT2D eigenvalue weighted by molar-refractivity contribution is 6.21. The van der Waals surface area contributed by atoms with Gasteiger partial charge in [-0.15, -0.1) is 0 Å². The molecule has 1 heterocycles. The number of carbonyl (C=O) groups excluding carboxylic acids is 3. The van der Waals surface area contributed by atoms with E-state index in [-0.39, 0.29) is 35.9 Å². The number of nitrogens with one attached hydrogen (secondary N) is 2. The van der Waals surface area contributed by atoms with E-state index < -0.39 is 16.7 Å². The van der Waals surface area contributed by atoms with Crippen molar-refractivity contribution in [3.63, 3.8) is 0 Å². The molecule has 2 N–H and O–H groups in total. The molecule has 0 saturated heterocycles. The number of hydrogen-bond donors (Lipinski definition) is 2. The molecule has 0 fully saturated rings. The van der Waals surface area contributed by atoms with Gasteiger partial charge in [0, 0.05) is 30.9 Å². The average Bonchev–Trinajstić information content (AvgIpc) is 2.91. The molecule has 0 aliphatic carbocycles. The Morgan fingerprint density at radius 2 is 1.82 bits per heavy atom. The minimum atomic E-state index is -0.613. The van der Waals surface area contributed by atoms with E-state index in [9.17, 15) is 24.5 Å². The Kier molecular flexibility index (Phi) is 5.35. The first-order valence-electron chi connectivity index (χ1n) is 8.63. The summed E-state index contributed by atoms with van der Waals surface area (Å²) in [5.41, 5.74) is 1.57. The molecule has 2 aromatic carbocycles. The van der Waals surface area contributed by atoms with Crippen LogP contribution < -0.4 is 10.6 Å². The van der Waals surface area contributed by atoms with Crippen molar-refractivity contribution in [3.8, 4) is 0 Å². The Morgan fingerprint density at radius 1 is 1.11 bits per heavy atom. The Hall–Kier alpha value is -3.75. The standard InChI is InChI=1S/C19H18N4O5/c1-12-5-2-3-6-16(12)21-19(26)20-9-4-10-22-17(24)14-8-7-13(23(27)28)11-15(14)18(22)25/h2-3,5-8,11H,4,9-10H2,1H3,(H2,20,21,26). The van der Waals surface area contributed by atoms with Gasteiger partial charge in [0.15, 0.2) is 0 Å². The lowest BCUT2D eigenvalue weighted by atomic mass is 10.1. The molecule has 0 atom stereocenters. The number of amides is 4. The van der Waals surface area contributed by atoms with E-state index in [4.69, 9.17) is 0 Å². The van der Waals surface area contributed by atoms with Crippen LogP contribution in [0.5, 0.6) is 0 Å². The molecule has 0 radical (unpaired) electrons. The number of rotatable bonds is 6. The van der Waals surface area contributed by atoms with Crippen LogP contribution in [0.1, 0.15) is 32.7 Å². The van der Waals surface area contributed by atoms with Crippen molar-refractivity contribution < 1.29 is 19.3 Å². The largest absolute Gasteiger partial charge is 0.338 e. The lowest BCUT2D eigenvalue weighted by Crippen LogP contribution is -2.35. The van der Waals surface area contributed by atoms with E-state index in [1.54, 1.807) is 6.07 Å². The molecule has 9 nitrogen and oxygen atoms in total. The molecule has 0 bridgehead atoms. The van der Waals surface area contributed by atoms with Crippen molar-refractivity contribution >= 4 is 29.2 Å². The van der Waals surface area contributed by atoms with Gasteiger partial charge in [0.25, 0.3) is 17.5 Å². The Bertz CT molecular complexity index is 973. The fourth-order valence-electron chi connectivity index (χ4n) is 2.91. The van der Waals surface area contributed by atoms with Crippen LogP contribution >= 0.6 is 0 Å². The van der Waals surface area contributed by atoms with E-state index in [0.717, 1.165) is 16.5 Å². The highest BCUT2D eigenvalue weighted by atomic mass is 16.6. The molecule has 0 aromatic heterocycles. The van der Waals surface area contributed by atoms with Gasteiger partial charge in [-0.2, -0.15) is 0 Å². The maximum absolute atomic E-state index is 12.4. The predicted octanol–water partition coefficient (Wildman–Crippen LogP) is 2.71. The molecular formula is C19H18N4O5. The van der Waals surface area contributed by atoms with Crippen molar-refractivity contribution in [2.45, 2.75) is 13.3 Å². The van der Waals surface area contributed by atoms with Crippen LogP contribution in [0.25, 0.3) is 0 Å². The second-order valence-corrected chi connectivity index (χ2v) is 6.30. The van der Waals surface area contributed by atoms with Crippen molar-refractivity contribution in [2.75, 3.05) is 18.4 Å². The number of urea groups is 1. The summed E-state index contributed by atoms with van der Waals surface area (Å²) in [6, 6.07) is 10.6. The SMILES string of the molecule is Cc1ccccc1NC(=O)NCCCN1C(=O)c2ccc([N+](=O)[O-])cc2C1=O. The van der Waals surface area contributed by atoms with Crippen LogP contribution in [0.2, 0.25) is 0 Å². The number of fused-ring (bicyclic) bond motifs is 1. The van der Waals surface area contributed by atoms with Crippen LogP contribution in [-0.4, -0.2) is 40.8 Å². The lowest BCUT2D eigenvalue weighted by molar-refractivity contribution is -0.384. The Labute approximate surface area is 160 Å². The van der Waals surface area contributed by atoms with Crippen LogP contribution in [0.4, 0.5) is 16.2 Å². The number of para-hydroxylation sites is 1. The van der Waals surface area contributed by atoms with Crippen molar-refractivity contribution in [1.82, 2.24) is 10.2 Å². The molecule has 1 aliphatic heterocycles. The molecular weight excluding hydrogens is 364 g/mol. The number of nitro benzene ring substituents is 1. The molecule has 0 spiro atoms. The fourth-order valence-corrected chi connectivity index (χ4v) is 2.91. The van der Waals surface area contributed by atoms with Gasteiger partial charge in [-0.25, -0.2) is 4.79 Å². The summed E-state index contributed by atoms with van der Waals surface area (Å²) in [6.45, 7) is 2.23. The number of aryl methyl sites for hydroxylation is 1. The summed E-state index contributed by atoms with van der Waals surface area (Å²) in [7, 11) is 0. The zero-order valence-electron chi connectivity index (χ0n) is 15.1. The first-order chi connectivity index (χ1) is 13.4. The molecule has 28 heavy (non-hydrogen) atoms. The van der Waals surface area contributed by atoms with Gasteiger partial charge in [0.05, 0.1) is 16.1 Å². The number of carbonyl (C=O) groups is 3. The smallest absolute Gasteiger partial charge is 0.319 e. The van der Waals surface area contributed by atoms with E-state index >= 15 is 0 Å². The number of non-ortho nitro benzene ring substituents is 1. The number of nitro groups is 1. The van der Waals surface area contributed by atoms with Gasteiger partial charge in [-0.05, 0) is 31.0 Å². The summed E-state index contributed by atoms with van der Waals surface area (Å²) in [5.74, 6) is -1.05. The molecule has 9 heteroatoms. The lowest BCUT2D eigenvalue weighted by Gasteiger charge is -2.14. The van der Waals surface area contributed by atoms with Gasteiger partial charge in [0.2, 0.25) is 0 Å². The zero-order valence-corrected chi connectivity index (χ0v) is 15.1. The minimum Gasteiger partial charge on any atom is -0.338 e. The summed E-state index contributed by atoms with van der Waals surface area (Å²) >= 11 is 0. The fraction of sp³-hybridized carbons (Fsp3) is 0.211. The van der Waals surface area contributed by atoms with Gasteiger partial charge in [-0.3, -0.25) is 24.6 Å². The van der Waals surface area contributed by atoms with Crippen molar-refractivity contribution in [2.24, 2.45) is 0 Å². The van der Waals surface area contributed by atoms with Crippen LogP contribution in [0.15, 0.2) is 42.5 Å². The maximum Gasteiger partial charge on any atom is 0.319 e. The van der Waals surface area contributed by atoms with Crippen molar-refractivity contribution in [1.29, 1.82) is 0 Å². The van der Waals surface area contributed by atoms with Crippen molar-refractivity contribution in [3.05, 3.63) is 69.3 Å². The highest BCUT2D eigenvalue weighted by Crippen LogP contribution is 2.26. The van der Waals surface area contributed by atoms with Crippen LogP contribution in [-0.2, 0) is 0 Å². The van der Waals surface area contributed by atoms with Gasteiger partial charge >= 0.3 is 6.03 Å². The minimum absolute atomic E-state index is 0.0319. The summed E-state index contributed by atoms with van der Waals surface area (Å²) in [6.07, 6.45) is 0.356. The summed E-state index contributed by atoms with van der Waals surface area (Å²) in [5, 5.41) is 16.2. The predicted molar refractivity (Wildman–Crippen MR) is 101 cm³/mol. The molecule has 2 aromatic rings.